The molecule has 2 aromatic carbocycles. The van der Waals surface area contributed by atoms with Crippen LogP contribution in [0.15, 0.2) is 48.5 Å². The lowest BCUT2D eigenvalue weighted by atomic mass is 10.1. The van der Waals surface area contributed by atoms with Gasteiger partial charge in [-0.1, -0.05) is 30.3 Å². The number of carbonyl (C=O) groups excluding carboxylic acids is 3. The van der Waals surface area contributed by atoms with Gasteiger partial charge in [-0.25, -0.2) is 0 Å². The number of rotatable bonds is 9. The Morgan fingerprint density at radius 3 is 2.63 bits per heavy atom. The zero-order valence-electron chi connectivity index (χ0n) is 16.7. The van der Waals surface area contributed by atoms with Crippen LogP contribution in [0.3, 0.4) is 0 Å². The molecular weight excluding hydrogens is 388 g/mol. The monoisotopic (exact) mass is 412 g/mol. The summed E-state index contributed by atoms with van der Waals surface area (Å²) in [6.45, 7) is 1.27. The van der Waals surface area contributed by atoms with Gasteiger partial charge >= 0.3 is 5.97 Å². The van der Waals surface area contributed by atoms with Gasteiger partial charge in [-0.2, -0.15) is 0 Å². The summed E-state index contributed by atoms with van der Waals surface area (Å²) >= 11 is 0. The van der Waals surface area contributed by atoms with Crippen molar-refractivity contribution in [3.05, 3.63) is 59.7 Å². The van der Waals surface area contributed by atoms with Crippen LogP contribution in [-0.2, 0) is 20.7 Å². The van der Waals surface area contributed by atoms with Crippen LogP contribution >= 0.6 is 0 Å². The number of benzene rings is 2. The Morgan fingerprint density at radius 1 is 1.07 bits per heavy atom. The highest BCUT2D eigenvalue weighted by Crippen LogP contribution is 2.32. The van der Waals surface area contributed by atoms with Crippen LogP contribution in [0.4, 0.5) is 0 Å². The maximum atomic E-state index is 12.1. The third kappa shape index (κ3) is 6.23. The third-order valence-electron chi connectivity index (χ3n) is 4.51. The molecule has 0 fully saturated rings. The van der Waals surface area contributed by atoms with Crippen LogP contribution < -0.4 is 20.1 Å². The predicted molar refractivity (Wildman–Crippen MR) is 108 cm³/mol. The Labute approximate surface area is 174 Å². The summed E-state index contributed by atoms with van der Waals surface area (Å²) in [5.41, 5.74) is 1.53. The number of hydrogen-bond donors (Lipinski definition) is 2. The maximum Gasteiger partial charge on any atom is 0.325 e. The second-order valence-electron chi connectivity index (χ2n) is 6.90. The van der Waals surface area contributed by atoms with Crippen molar-refractivity contribution in [3.8, 4) is 11.5 Å². The van der Waals surface area contributed by atoms with E-state index in [1.807, 2.05) is 37.3 Å². The van der Waals surface area contributed by atoms with E-state index in [4.69, 9.17) is 14.2 Å². The van der Waals surface area contributed by atoms with Crippen LogP contribution in [0, 0.1) is 0 Å². The van der Waals surface area contributed by atoms with E-state index in [1.54, 1.807) is 12.1 Å². The summed E-state index contributed by atoms with van der Waals surface area (Å²) in [5, 5.41) is 5.24. The molecule has 0 saturated heterocycles. The van der Waals surface area contributed by atoms with E-state index in [2.05, 4.69) is 10.6 Å². The Hall–Kier alpha value is -3.55. The molecular formula is C22H24N2O6. The number of fused-ring (bicyclic) bond motifs is 1. The lowest BCUT2D eigenvalue weighted by Gasteiger charge is -2.14. The van der Waals surface area contributed by atoms with Crippen molar-refractivity contribution in [2.45, 2.75) is 25.8 Å². The topological polar surface area (TPSA) is 103 Å². The molecule has 30 heavy (non-hydrogen) atoms. The number of carbonyl (C=O) groups is 3. The first-order valence-corrected chi connectivity index (χ1v) is 9.68. The molecule has 158 valence electrons. The molecule has 0 spiro atoms. The molecule has 0 saturated carbocycles. The van der Waals surface area contributed by atoms with E-state index in [1.165, 1.54) is 11.6 Å². The molecule has 0 aromatic heterocycles. The SMILES string of the molecule is C[C@@H](CCc1ccccc1)NC(=O)COC(=O)CNC(=O)c1ccc2c(c1)OCO2. The zero-order chi connectivity index (χ0) is 21.3. The van der Waals surface area contributed by atoms with Crippen molar-refractivity contribution in [1.29, 1.82) is 0 Å². The van der Waals surface area contributed by atoms with Crippen LogP contribution in [0.2, 0.25) is 0 Å². The summed E-state index contributed by atoms with van der Waals surface area (Å²) in [6, 6.07) is 14.7. The van der Waals surface area contributed by atoms with Gasteiger partial charge in [-0.15, -0.1) is 0 Å². The van der Waals surface area contributed by atoms with Gasteiger partial charge in [0.1, 0.15) is 6.54 Å². The molecule has 8 nitrogen and oxygen atoms in total. The highest BCUT2D eigenvalue weighted by atomic mass is 16.7. The smallest absolute Gasteiger partial charge is 0.325 e. The molecule has 1 atom stereocenters. The van der Waals surface area contributed by atoms with Crippen molar-refractivity contribution in [1.82, 2.24) is 10.6 Å². The van der Waals surface area contributed by atoms with Crippen molar-refractivity contribution >= 4 is 17.8 Å². The molecule has 2 N–H and O–H groups in total. The fourth-order valence-corrected chi connectivity index (χ4v) is 2.91. The first kappa shape index (κ1) is 21.2. The number of nitrogens with one attached hydrogen (secondary N) is 2. The normalized spacial score (nSPS) is 12.7. The van der Waals surface area contributed by atoms with Crippen LogP contribution in [0.25, 0.3) is 0 Å². The first-order chi connectivity index (χ1) is 14.5. The molecule has 0 radical (unpaired) electrons. The molecule has 1 aliphatic heterocycles. The quantitative estimate of drug-likeness (QED) is 0.609. The Kier molecular flexibility index (Phi) is 7.26. The van der Waals surface area contributed by atoms with Crippen LogP contribution in [-0.4, -0.2) is 43.8 Å². The lowest BCUT2D eigenvalue weighted by Crippen LogP contribution is -2.37. The Balaban J connectivity index is 1.32. The number of esters is 1. The van der Waals surface area contributed by atoms with E-state index < -0.39 is 18.5 Å². The summed E-state index contributed by atoms with van der Waals surface area (Å²) in [4.78, 5) is 35.9. The van der Waals surface area contributed by atoms with E-state index in [9.17, 15) is 14.4 Å². The molecule has 0 unspecified atom stereocenters. The van der Waals surface area contributed by atoms with E-state index in [0.717, 1.165) is 12.8 Å². The standard InChI is InChI=1S/C22H24N2O6/c1-15(7-8-16-5-3-2-4-6-16)24-20(25)13-28-21(26)12-23-22(27)17-9-10-18-19(11-17)30-14-29-18/h2-6,9-11,15H,7-8,12-14H2,1H3,(H,23,27)(H,24,25)/t15-/m0/s1. The van der Waals surface area contributed by atoms with Crippen molar-refractivity contribution in [2.75, 3.05) is 19.9 Å². The van der Waals surface area contributed by atoms with Crippen molar-refractivity contribution < 1.29 is 28.6 Å². The summed E-state index contributed by atoms with van der Waals surface area (Å²) in [5.74, 6) is -0.496. The van der Waals surface area contributed by atoms with Gasteiger partial charge < -0.3 is 24.8 Å². The molecule has 2 amide bonds. The first-order valence-electron chi connectivity index (χ1n) is 9.68. The average molecular weight is 412 g/mol. The fraction of sp³-hybridized carbons (Fsp3) is 0.318. The molecule has 0 aliphatic carbocycles. The van der Waals surface area contributed by atoms with Gasteiger partial charge in [0, 0.05) is 11.6 Å². The van der Waals surface area contributed by atoms with E-state index >= 15 is 0 Å². The minimum Gasteiger partial charge on any atom is -0.454 e. The Bertz CT molecular complexity index is 900. The van der Waals surface area contributed by atoms with Crippen molar-refractivity contribution in [2.24, 2.45) is 0 Å². The average Bonchev–Trinajstić information content (AvgIpc) is 3.23. The number of hydrogen-bond acceptors (Lipinski definition) is 6. The van der Waals surface area contributed by atoms with E-state index in [-0.39, 0.29) is 25.3 Å². The van der Waals surface area contributed by atoms with Gasteiger partial charge in [0.05, 0.1) is 0 Å². The number of amides is 2. The second-order valence-corrected chi connectivity index (χ2v) is 6.90. The van der Waals surface area contributed by atoms with Crippen molar-refractivity contribution in [3.63, 3.8) is 0 Å². The fourth-order valence-electron chi connectivity index (χ4n) is 2.91. The minimum absolute atomic E-state index is 0.0536. The lowest BCUT2D eigenvalue weighted by molar-refractivity contribution is -0.147. The van der Waals surface area contributed by atoms with Gasteiger partial charge in [0.2, 0.25) is 6.79 Å². The van der Waals surface area contributed by atoms with Gasteiger partial charge in [-0.3, -0.25) is 14.4 Å². The maximum absolute atomic E-state index is 12.1. The largest absolute Gasteiger partial charge is 0.454 e. The van der Waals surface area contributed by atoms with Gasteiger partial charge in [0.15, 0.2) is 18.1 Å². The molecule has 1 aliphatic rings. The molecule has 1 heterocycles. The number of aryl methyl sites for hydroxylation is 1. The highest BCUT2D eigenvalue weighted by molar-refractivity contribution is 5.96. The number of ether oxygens (including phenoxy) is 3. The van der Waals surface area contributed by atoms with Gasteiger partial charge in [-0.05, 0) is 43.5 Å². The summed E-state index contributed by atoms with van der Waals surface area (Å²) in [7, 11) is 0. The van der Waals surface area contributed by atoms with Crippen LogP contribution in [0.1, 0.15) is 29.3 Å². The minimum atomic E-state index is -0.698. The summed E-state index contributed by atoms with van der Waals surface area (Å²) < 4.78 is 15.3. The van der Waals surface area contributed by atoms with E-state index in [0.29, 0.717) is 17.1 Å². The third-order valence-corrected chi connectivity index (χ3v) is 4.51. The zero-order valence-corrected chi connectivity index (χ0v) is 16.7. The molecule has 8 heteroatoms. The Morgan fingerprint density at radius 2 is 1.83 bits per heavy atom. The van der Waals surface area contributed by atoms with Crippen LogP contribution in [0.5, 0.6) is 11.5 Å². The summed E-state index contributed by atoms with van der Waals surface area (Å²) in [6.07, 6.45) is 1.61. The molecule has 0 bridgehead atoms. The molecule has 3 rings (SSSR count). The highest BCUT2D eigenvalue weighted by Gasteiger charge is 2.17. The molecule has 2 aromatic rings. The second kappa shape index (κ2) is 10.3. The van der Waals surface area contributed by atoms with Gasteiger partial charge in [0.25, 0.3) is 11.8 Å². The predicted octanol–water partition coefficient (Wildman–Crippen LogP) is 1.83.